The number of hydrogen-bond donors (Lipinski definition) is 1. The first-order valence-electron chi connectivity index (χ1n) is 4.56. The van der Waals surface area contributed by atoms with Crippen molar-refractivity contribution in [1.29, 1.82) is 0 Å². The predicted octanol–water partition coefficient (Wildman–Crippen LogP) is 0.612. The van der Waals surface area contributed by atoms with Crippen molar-refractivity contribution >= 4 is 5.91 Å². The number of allylic oxidation sites excluding steroid dienone is 4. The summed E-state index contributed by atoms with van der Waals surface area (Å²) in [5, 5.41) is 0. The Kier molecular flexibility index (Phi) is 3.71. The Labute approximate surface area is 84.0 Å². The van der Waals surface area contributed by atoms with Gasteiger partial charge in [-0.05, 0) is 25.0 Å². The Morgan fingerprint density at radius 1 is 1.57 bits per heavy atom. The molecule has 0 unspecified atom stereocenters. The molecule has 0 bridgehead atoms. The normalized spacial score (nSPS) is 15.9. The largest absolute Gasteiger partial charge is 0.402 e. The van der Waals surface area contributed by atoms with Gasteiger partial charge in [0.15, 0.2) is 0 Å². The lowest BCUT2D eigenvalue weighted by Gasteiger charge is -2.22. The van der Waals surface area contributed by atoms with Crippen molar-refractivity contribution in [3.05, 3.63) is 23.5 Å². The molecule has 1 rings (SSSR count). The smallest absolute Gasteiger partial charge is 0.252 e. The number of carbonyl (C=O) groups excluding carboxylic acids is 1. The molecular weight excluding hydrogens is 180 g/mol. The molecule has 0 heterocycles. The van der Waals surface area contributed by atoms with E-state index in [-0.39, 0.29) is 12.5 Å². The highest BCUT2D eigenvalue weighted by atomic mass is 16.5. The zero-order chi connectivity index (χ0) is 10.6. The van der Waals surface area contributed by atoms with Gasteiger partial charge in [0.1, 0.15) is 6.61 Å². The molecule has 0 fully saturated rings. The SMILES string of the molecule is COCC(=O)N(C)C1=CC=C(N)CC1. The molecule has 0 saturated heterocycles. The van der Waals surface area contributed by atoms with Gasteiger partial charge in [-0.1, -0.05) is 0 Å². The van der Waals surface area contributed by atoms with Gasteiger partial charge < -0.3 is 15.4 Å². The summed E-state index contributed by atoms with van der Waals surface area (Å²) in [5.41, 5.74) is 7.47. The van der Waals surface area contributed by atoms with E-state index in [4.69, 9.17) is 10.5 Å². The van der Waals surface area contributed by atoms with Gasteiger partial charge in [0.2, 0.25) is 0 Å². The number of likely N-dealkylation sites (N-methyl/N-ethyl adjacent to an activating group) is 1. The summed E-state index contributed by atoms with van der Waals surface area (Å²) in [7, 11) is 3.27. The first-order valence-corrected chi connectivity index (χ1v) is 4.56. The second-order valence-electron chi connectivity index (χ2n) is 3.29. The number of nitrogens with two attached hydrogens (primary N) is 1. The second-order valence-corrected chi connectivity index (χ2v) is 3.29. The van der Waals surface area contributed by atoms with Crippen molar-refractivity contribution in [3.8, 4) is 0 Å². The third-order valence-corrected chi connectivity index (χ3v) is 2.23. The molecule has 4 heteroatoms. The second kappa shape index (κ2) is 4.81. The van der Waals surface area contributed by atoms with Crippen LogP contribution in [0, 0.1) is 0 Å². The number of methoxy groups -OCH3 is 1. The van der Waals surface area contributed by atoms with Crippen molar-refractivity contribution in [2.45, 2.75) is 12.8 Å². The van der Waals surface area contributed by atoms with Gasteiger partial charge in [0, 0.05) is 25.6 Å². The fourth-order valence-corrected chi connectivity index (χ4v) is 1.30. The number of nitrogens with zero attached hydrogens (tertiary/aromatic N) is 1. The topological polar surface area (TPSA) is 55.6 Å². The summed E-state index contributed by atoms with van der Waals surface area (Å²) in [6.45, 7) is 0.118. The molecule has 1 aliphatic rings. The molecule has 0 aliphatic heterocycles. The standard InChI is InChI=1S/C10H16N2O2/c1-12(10(13)7-14-2)9-5-3-8(11)4-6-9/h3,5H,4,6-7,11H2,1-2H3. The Hall–Kier alpha value is -1.29. The van der Waals surface area contributed by atoms with Gasteiger partial charge in [-0.15, -0.1) is 0 Å². The lowest BCUT2D eigenvalue weighted by atomic mass is 10.1. The van der Waals surface area contributed by atoms with E-state index in [2.05, 4.69) is 0 Å². The van der Waals surface area contributed by atoms with Gasteiger partial charge in [-0.3, -0.25) is 4.79 Å². The monoisotopic (exact) mass is 196 g/mol. The molecule has 0 aromatic heterocycles. The summed E-state index contributed by atoms with van der Waals surface area (Å²) in [6.07, 6.45) is 5.35. The Morgan fingerprint density at radius 3 is 2.79 bits per heavy atom. The Morgan fingerprint density at radius 2 is 2.29 bits per heavy atom. The third-order valence-electron chi connectivity index (χ3n) is 2.23. The van der Waals surface area contributed by atoms with E-state index in [0.29, 0.717) is 0 Å². The molecule has 0 aromatic rings. The molecule has 1 amide bonds. The first kappa shape index (κ1) is 10.8. The maximum atomic E-state index is 11.4. The summed E-state index contributed by atoms with van der Waals surface area (Å²) < 4.78 is 4.78. The van der Waals surface area contributed by atoms with E-state index in [0.717, 1.165) is 24.2 Å². The average molecular weight is 196 g/mol. The van der Waals surface area contributed by atoms with Gasteiger partial charge in [-0.25, -0.2) is 0 Å². The first-order chi connectivity index (χ1) is 6.65. The molecule has 14 heavy (non-hydrogen) atoms. The number of amides is 1. The van der Waals surface area contributed by atoms with Crippen LogP contribution in [0.3, 0.4) is 0 Å². The molecule has 1 aliphatic carbocycles. The minimum absolute atomic E-state index is 0.0346. The van der Waals surface area contributed by atoms with Crippen molar-refractivity contribution in [3.63, 3.8) is 0 Å². The third kappa shape index (κ3) is 2.60. The highest BCUT2D eigenvalue weighted by molar-refractivity contribution is 5.79. The fraction of sp³-hybridized carbons (Fsp3) is 0.500. The van der Waals surface area contributed by atoms with Crippen LogP contribution in [0.2, 0.25) is 0 Å². The molecule has 0 atom stereocenters. The van der Waals surface area contributed by atoms with Gasteiger partial charge in [0.25, 0.3) is 5.91 Å². The predicted molar refractivity (Wildman–Crippen MR) is 54.2 cm³/mol. The van der Waals surface area contributed by atoms with Crippen LogP contribution in [0.4, 0.5) is 0 Å². The van der Waals surface area contributed by atoms with Crippen molar-refractivity contribution in [2.24, 2.45) is 5.73 Å². The zero-order valence-electron chi connectivity index (χ0n) is 8.62. The molecule has 2 N–H and O–H groups in total. The number of hydrogen-bond acceptors (Lipinski definition) is 3. The van der Waals surface area contributed by atoms with Gasteiger partial charge in [-0.2, -0.15) is 0 Å². The van der Waals surface area contributed by atoms with E-state index < -0.39 is 0 Å². The van der Waals surface area contributed by atoms with Gasteiger partial charge >= 0.3 is 0 Å². The number of ether oxygens (including phenoxy) is 1. The molecule has 0 saturated carbocycles. The lowest BCUT2D eigenvalue weighted by molar-refractivity contribution is -0.132. The van der Waals surface area contributed by atoms with Crippen LogP contribution in [0.1, 0.15) is 12.8 Å². The zero-order valence-corrected chi connectivity index (χ0v) is 8.62. The fourth-order valence-electron chi connectivity index (χ4n) is 1.30. The van der Waals surface area contributed by atoms with Crippen LogP contribution in [-0.4, -0.2) is 31.6 Å². The molecule has 0 spiro atoms. The molecular formula is C10H16N2O2. The molecule has 78 valence electrons. The molecule has 0 aromatic carbocycles. The molecule has 4 nitrogen and oxygen atoms in total. The summed E-state index contributed by atoms with van der Waals surface area (Å²) in [5.74, 6) is -0.0346. The maximum absolute atomic E-state index is 11.4. The highest BCUT2D eigenvalue weighted by Crippen LogP contribution is 2.17. The Bertz CT molecular complexity index is 282. The van der Waals surface area contributed by atoms with E-state index in [1.165, 1.54) is 7.11 Å². The van der Waals surface area contributed by atoms with Crippen LogP contribution in [0.5, 0.6) is 0 Å². The van der Waals surface area contributed by atoms with Crippen LogP contribution >= 0.6 is 0 Å². The molecule has 0 radical (unpaired) electrons. The summed E-state index contributed by atoms with van der Waals surface area (Å²) in [6, 6.07) is 0. The number of rotatable bonds is 3. The van der Waals surface area contributed by atoms with E-state index in [1.54, 1.807) is 11.9 Å². The minimum Gasteiger partial charge on any atom is -0.402 e. The highest BCUT2D eigenvalue weighted by Gasteiger charge is 2.14. The minimum atomic E-state index is -0.0346. The van der Waals surface area contributed by atoms with Crippen LogP contribution < -0.4 is 5.73 Å². The summed E-state index contributed by atoms with van der Waals surface area (Å²) in [4.78, 5) is 13.0. The quantitative estimate of drug-likeness (QED) is 0.719. The lowest BCUT2D eigenvalue weighted by Crippen LogP contribution is -2.30. The average Bonchev–Trinajstić information content (AvgIpc) is 2.18. The van der Waals surface area contributed by atoms with E-state index >= 15 is 0 Å². The van der Waals surface area contributed by atoms with Crippen LogP contribution in [-0.2, 0) is 9.53 Å². The summed E-state index contributed by atoms with van der Waals surface area (Å²) >= 11 is 0. The van der Waals surface area contributed by atoms with E-state index in [9.17, 15) is 4.79 Å². The van der Waals surface area contributed by atoms with Crippen molar-refractivity contribution < 1.29 is 9.53 Å². The van der Waals surface area contributed by atoms with Gasteiger partial charge in [0.05, 0.1) is 0 Å². The van der Waals surface area contributed by atoms with Crippen LogP contribution in [0.25, 0.3) is 0 Å². The maximum Gasteiger partial charge on any atom is 0.252 e. The van der Waals surface area contributed by atoms with Crippen LogP contribution in [0.15, 0.2) is 23.5 Å². The van der Waals surface area contributed by atoms with Crippen molar-refractivity contribution in [2.75, 3.05) is 20.8 Å². The van der Waals surface area contributed by atoms with E-state index in [1.807, 2.05) is 12.2 Å². The van der Waals surface area contributed by atoms with Crippen molar-refractivity contribution in [1.82, 2.24) is 4.90 Å². The number of carbonyl (C=O) groups is 1. The Balaban J connectivity index is 2.61.